The number of benzene rings is 1. The van der Waals surface area contributed by atoms with E-state index in [-0.39, 0.29) is 5.54 Å². The molecule has 0 atom stereocenters. The van der Waals surface area contributed by atoms with E-state index in [1.165, 1.54) is 0 Å². The van der Waals surface area contributed by atoms with Crippen molar-refractivity contribution in [2.75, 3.05) is 0 Å². The van der Waals surface area contributed by atoms with Crippen LogP contribution in [0.3, 0.4) is 0 Å². The molecule has 2 rings (SSSR count). The van der Waals surface area contributed by atoms with Crippen LogP contribution in [0.1, 0.15) is 25.8 Å². The van der Waals surface area contributed by atoms with Gasteiger partial charge < -0.3 is 5.32 Å². The molecule has 5 heteroatoms. The van der Waals surface area contributed by atoms with Crippen LogP contribution < -0.4 is 5.32 Å². The Morgan fingerprint density at radius 1 is 1.28 bits per heavy atom. The summed E-state index contributed by atoms with van der Waals surface area (Å²) in [7, 11) is 0. The Morgan fingerprint density at radius 2 is 2.06 bits per heavy atom. The number of rotatable bonds is 3. The lowest BCUT2D eigenvalue weighted by Crippen LogP contribution is -2.35. The molecule has 0 aliphatic heterocycles. The van der Waals surface area contributed by atoms with Crippen LogP contribution in [0, 0.1) is 0 Å². The van der Waals surface area contributed by atoms with Crippen molar-refractivity contribution in [1.29, 1.82) is 0 Å². The van der Waals surface area contributed by atoms with Gasteiger partial charge in [-0.2, -0.15) is 0 Å². The first-order valence-corrected chi connectivity index (χ1v) is 7.38. The van der Waals surface area contributed by atoms with Crippen molar-refractivity contribution in [1.82, 2.24) is 15.5 Å². The second-order valence-corrected chi connectivity index (χ2v) is 7.09. The molecule has 1 N–H and O–H groups in total. The van der Waals surface area contributed by atoms with Gasteiger partial charge >= 0.3 is 0 Å². The first-order valence-electron chi connectivity index (χ1n) is 5.77. The van der Waals surface area contributed by atoms with E-state index in [1.807, 2.05) is 18.2 Å². The van der Waals surface area contributed by atoms with Gasteiger partial charge in [-0.3, -0.25) is 0 Å². The number of hydrogen-bond donors (Lipinski definition) is 1. The standard InChI is InChI=1S/C13H16BrN3S/c1-13(2,3)15-8-11-16-17-12(18-11)9-5-4-6-10(14)7-9/h4-7,15H,8H2,1-3H3. The van der Waals surface area contributed by atoms with Gasteiger partial charge in [-0.25, -0.2) is 0 Å². The minimum atomic E-state index is 0.0988. The molecule has 0 saturated carbocycles. The molecule has 0 aliphatic carbocycles. The van der Waals surface area contributed by atoms with Crippen LogP contribution >= 0.6 is 27.3 Å². The van der Waals surface area contributed by atoms with E-state index in [1.54, 1.807) is 11.3 Å². The van der Waals surface area contributed by atoms with E-state index in [4.69, 9.17) is 0 Å². The molecule has 0 saturated heterocycles. The minimum Gasteiger partial charge on any atom is -0.306 e. The summed E-state index contributed by atoms with van der Waals surface area (Å²) in [6.45, 7) is 7.19. The summed E-state index contributed by atoms with van der Waals surface area (Å²) in [6, 6.07) is 8.12. The molecule has 1 aromatic heterocycles. The molecule has 1 aromatic carbocycles. The topological polar surface area (TPSA) is 37.8 Å². The minimum absolute atomic E-state index is 0.0988. The molecule has 0 aliphatic rings. The van der Waals surface area contributed by atoms with Gasteiger partial charge in [0, 0.05) is 15.6 Å². The van der Waals surface area contributed by atoms with E-state index in [9.17, 15) is 0 Å². The molecule has 1 heterocycles. The molecule has 0 amide bonds. The van der Waals surface area contributed by atoms with Gasteiger partial charge in [-0.15, -0.1) is 10.2 Å². The van der Waals surface area contributed by atoms with E-state index in [0.29, 0.717) is 0 Å². The zero-order chi connectivity index (χ0) is 13.2. The van der Waals surface area contributed by atoms with Crippen LogP contribution in [-0.4, -0.2) is 15.7 Å². The quantitative estimate of drug-likeness (QED) is 0.931. The summed E-state index contributed by atoms with van der Waals surface area (Å²) in [4.78, 5) is 0. The van der Waals surface area contributed by atoms with Crippen molar-refractivity contribution in [3.8, 4) is 10.6 Å². The molecule has 2 aromatic rings. The molecule has 18 heavy (non-hydrogen) atoms. The Hall–Kier alpha value is -0.780. The number of nitrogens with zero attached hydrogens (tertiary/aromatic N) is 2. The largest absolute Gasteiger partial charge is 0.306 e. The Kier molecular flexibility index (Phi) is 4.14. The Bertz CT molecular complexity index is 531. The summed E-state index contributed by atoms with van der Waals surface area (Å²) in [5, 5.41) is 13.8. The lowest BCUT2D eigenvalue weighted by atomic mass is 10.1. The van der Waals surface area contributed by atoms with Crippen LogP contribution in [0.2, 0.25) is 0 Å². The van der Waals surface area contributed by atoms with Gasteiger partial charge in [-0.05, 0) is 32.9 Å². The predicted molar refractivity (Wildman–Crippen MR) is 79.6 cm³/mol. The lowest BCUT2D eigenvalue weighted by Gasteiger charge is -2.19. The lowest BCUT2D eigenvalue weighted by molar-refractivity contribution is 0.423. The van der Waals surface area contributed by atoms with Crippen molar-refractivity contribution in [3.05, 3.63) is 33.7 Å². The van der Waals surface area contributed by atoms with Crippen LogP contribution in [0.5, 0.6) is 0 Å². The smallest absolute Gasteiger partial charge is 0.147 e. The van der Waals surface area contributed by atoms with Gasteiger partial charge in [0.1, 0.15) is 10.0 Å². The Balaban J connectivity index is 2.11. The van der Waals surface area contributed by atoms with Crippen molar-refractivity contribution in [2.45, 2.75) is 32.9 Å². The van der Waals surface area contributed by atoms with Crippen LogP contribution in [0.25, 0.3) is 10.6 Å². The third-order valence-corrected chi connectivity index (χ3v) is 3.77. The first-order chi connectivity index (χ1) is 8.44. The van der Waals surface area contributed by atoms with Crippen LogP contribution in [0.15, 0.2) is 28.7 Å². The summed E-state index contributed by atoms with van der Waals surface area (Å²) in [5.74, 6) is 0. The van der Waals surface area contributed by atoms with Crippen LogP contribution in [-0.2, 0) is 6.54 Å². The zero-order valence-electron chi connectivity index (χ0n) is 10.7. The average Bonchev–Trinajstić information content (AvgIpc) is 2.74. The van der Waals surface area contributed by atoms with E-state index < -0.39 is 0 Å². The van der Waals surface area contributed by atoms with E-state index in [0.717, 1.165) is 26.6 Å². The second-order valence-electron chi connectivity index (χ2n) is 5.11. The molecular weight excluding hydrogens is 310 g/mol. The summed E-state index contributed by atoms with van der Waals surface area (Å²) in [6.07, 6.45) is 0. The van der Waals surface area contributed by atoms with Gasteiger partial charge in [0.2, 0.25) is 0 Å². The maximum atomic E-state index is 4.24. The first kappa shape index (κ1) is 13.6. The Morgan fingerprint density at radius 3 is 2.72 bits per heavy atom. The molecule has 0 spiro atoms. The SMILES string of the molecule is CC(C)(C)NCc1nnc(-c2cccc(Br)c2)s1. The fourth-order valence-electron chi connectivity index (χ4n) is 1.40. The molecule has 0 fully saturated rings. The highest BCUT2D eigenvalue weighted by Crippen LogP contribution is 2.26. The van der Waals surface area contributed by atoms with Gasteiger partial charge in [-0.1, -0.05) is 39.4 Å². The average molecular weight is 326 g/mol. The fraction of sp³-hybridized carbons (Fsp3) is 0.385. The fourth-order valence-corrected chi connectivity index (χ4v) is 2.58. The van der Waals surface area contributed by atoms with Crippen molar-refractivity contribution in [3.63, 3.8) is 0 Å². The van der Waals surface area contributed by atoms with E-state index >= 15 is 0 Å². The van der Waals surface area contributed by atoms with Crippen molar-refractivity contribution < 1.29 is 0 Å². The number of halogens is 1. The normalized spacial score (nSPS) is 11.8. The maximum Gasteiger partial charge on any atom is 0.147 e. The van der Waals surface area contributed by atoms with Gasteiger partial charge in [0.05, 0.1) is 6.54 Å². The number of aromatic nitrogens is 2. The number of nitrogens with one attached hydrogen (secondary N) is 1. The molecular formula is C13H16BrN3S. The maximum absolute atomic E-state index is 4.24. The number of hydrogen-bond acceptors (Lipinski definition) is 4. The van der Waals surface area contributed by atoms with Gasteiger partial charge in [0.15, 0.2) is 0 Å². The molecule has 96 valence electrons. The summed E-state index contributed by atoms with van der Waals surface area (Å²) < 4.78 is 1.06. The van der Waals surface area contributed by atoms with Crippen molar-refractivity contribution in [2.24, 2.45) is 0 Å². The molecule has 0 unspecified atom stereocenters. The van der Waals surface area contributed by atoms with E-state index in [2.05, 4.69) is 58.3 Å². The Labute approximate surface area is 120 Å². The molecule has 0 radical (unpaired) electrons. The van der Waals surface area contributed by atoms with Crippen molar-refractivity contribution >= 4 is 27.3 Å². The summed E-state index contributed by atoms with van der Waals surface area (Å²) in [5.41, 5.74) is 1.20. The monoisotopic (exact) mass is 325 g/mol. The highest BCUT2D eigenvalue weighted by molar-refractivity contribution is 9.10. The second kappa shape index (κ2) is 5.47. The molecule has 3 nitrogen and oxygen atoms in total. The summed E-state index contributed by atoms with van der Waals surface area (Å²) >= 11 is 5.10. The van der Waals surface area contributed by atoms with Crippen LogP contribution in [0.4, 0.5) is 0 Å². The third-order valence-electron chi connectivity index (χ3n) is 2.31. The zero-order valence-corrected chi connectivity index (χ0v) is 13.1. The predicted octanol–water partition coefficient (Wildman–Crippen LogP) is 3.86. The highest BCUT2D eigenvalue weighted by Gasteiger charge is 2.11. The van der Waals surface area contributed by atoms with Gasteiger partial charge in [0.25, 0.3) is 0 Å². The molecule has 0 bridgehead atoms. The third kappa shape index (κ3) is 3.86. The highest BCUT2D eigenvalue weighted by atomic mass is 79.9.